The number of non-ortho nitro benzene ring substituents is 1. The lowest BCUT2D eigenvalue weighted by molar-refractivity contribution is -0.384. The van der Waals surface area contributed by atoms with E-state index in [1.165, 1.54) is 24.3 Å². The van der Waals surface area contributed by atoms with Crippen molar-refractivity contribution in [1.82, 2.24) is 19.1 Å². The van der Waals surface area contributed by atoms with Crippen LogP contribution in [0.2, 0.25) is 0 Å². The molecule has 38 heavy (non-hydrogen) atoms. The van der Waals surface area contributed by atoms with E-state index in [9.17, 15) is 19.8 Å². The minimum atomic E-state index is -2.84. The number of benzene rings is 2. The number of amidine groups is 1. The quantitative estimate of drug-likeness (QED) is 0.258. The van der Waals surface area contributed by atoms with Crippen molar-refractivity contribution in [2.45, 2.75) is 19.9 Å². The molecule has 0 bridgehead atoms. The second-order valence-electron chi connectivity index (χ2n) is 8.86. The van der Waals surface area contributed by atoms with E-state index in [0.29, 0.717) is 55.8 Å². The van der Waals surface area contributed by atoms with Gasteiger partial charge in [-0.3, -0.25) is 10.1 Å². The van der Waals surface area contributed by atoms with Gasteiger partial charge in [0.25, 0.3) is 5.69 Å². The Morgan fingerprint density at radius 1 is 1.18 bits per heavy atom. The minimum Gasteiger partial charge on any atom is -0.379 e. The van der Waals surface area contributed by atoms with Gasteiger partial charge in [0, 0.05) is 37.8 Å². The maximum Gasteiger partial charge on any atom is 0.269 e. The van der Waals surface area contributed by atoms with Crippen LogP contribution in [0.4, 0.5) is 21.6 Å². The number of aliphatic imine (C=N–C) groups is 1. The van der Waals surface area contributed by atoms with E-state index < -0.39 is 12.3 Å². The molecule has 1 aromatic heterocycles. The van der Waals surface area contributed by atoms with Gasteiger partial charge < -0.3 is 9.41 Å². The molecule has 1 unspecified atom stereocenters. The number of nitrogens with zero attached hydrogens (tertiary/aromatic N) is 8. The average Bonchev–Trinajstić information content (AvgIpc) is 3.25. The number of rotatable bonds is 6. The number of nitro benzene ring substituents is 1. The molecule has 0 spiro atoms. The largest absolute Gasteiger partial charge is 0.379 e. The summed E-state index contributed by atoms with van der Waals surface area (Å²) >= 11 is 0. The molecule has 2 aliphatic rings. The van der Waals surface area contributed by atoms with Crippen LogP contribution in [-0.4, -0.2) is 63.2 Å². The molecule has 196 valence electrons. The van der Waals surface area contributed by atoms with Crippen molar-refractivity contribution in [3.63, 3.8) is 0 Å². The normalized spacial score (nSPS) is 19.4. The summed E-state index contributed by atoms with van der Waals surface area (Å²) in [5, 5.41) is 26.1. The van der Waals surface area contributed by atoms with Crippen LogP contribution in [0.25, 0.3) is 0 Å². The zero-order chi connectivity index (χ0) is 26.9. The molecule has 1 saturated heterocycles. The number of aromatic nitrogens is 2. The van der Waals surface area contributed by atoms with Gasteiger partial charge in [0.2, 0.25) is 0 Å². The van der Waals surface area contributed by atoms with Gasteiger partial charge >= 0.3 is 0 Å². The van der Waals surface area contributed by atoms with Crippen molar-refractivity contribution >= 4 is 35.7 Å². The SMILES string of the molecule is Cc1nn(CCC#N)c2c1P(=Nc1ccc([N+](=O)[O-])cc1)(N1CCOCC1)N(C)C(c1ccc(F)cc1)=N2. The minimum absolute atomic E-state index is 0.0190. The summed E-state index contributed by atoms with van der Waals surface area (Å²) in [5.74, 6) is 0.856. The third kappa shape index (κ3) is 4.49. The molecule has 1 fully saturated rings. The van der Waals surface area contributed by atoms with Crippen LogP contribution in [-0.2, 0) is 11.3 Å². The molecule has 0 saturated carbocycles. The summed E-state index contributed by atoms with van der Waals surface area (Å²) in [5.41, 5.74) is 2.02. The first kappa shape index (κ1) is 25.7. The van der Waals surface area contributed by atoms with E-state index in [1.807, 2.05) is 14.0 Å². The molecular weight excluding hydrogens is 510 g/mol. The highest BCUT2D eigenvalue weighted by molar-refractivity contribution is 7.70. The molecule has 3 aromatic rings. The highest BCUT2D eigenvalue weighted by Gasteiger charge is 2.45. The Morgan fingerprint density at radius 3 is 2.50 bits per heavy atom. The van der Waals surface area contributed by atoms with Gasteiger partial charge in [-0.2, -0.15) is 10.4 Å². The van der Waals surface area contributed by atoms with Crippen molar-refractivity contribution in [3.05, 3.63) is 75.7 Å². The first-order valence-electron chi connectivity index (χ1n) is 12.1. The van der Waals surface area contributed by atoms with Gasteiger partial charge in [0.15, 0.2) is 13.2 Å². The molecule has 0 radical (unpaired) electrons. The third-order valence-electron chi connectivity index (χ3n) is 6.54. The molecule has 5 rings (SSSR count). The molecular formula is C25H26FN8O3P. The average molecular weight is 537 g/mol. The van der Waals surface area contributed by atoms with Crippen LogP contribution in [0, 0.1) is 34.2 Å². The fourth-order valence-electron chi connectivity index (χ4n) is 4.78. The van der Waals surface area contributed by atoms with Gasteiger partial charge in [0.1, 0.15) is 11.7 Å². The smallest absolute Gasteiger partial charge is 0.269 e. The number of aryl methyl sites for hydroxylation is 2. The highest BCUT2D eigenvalue weighted by Crippen LogP contribution is 2.61. The molecule has 11 nitrogen and oxygen atoms in total. The fraction of sp³-hybridized carbons (Fsp3) is 0.320. The molecule has 1 atom stereocenters. The number of ether oxygens (including phenoxy) is 1. The molecule has 2 aliphatic heterocycles. The summed E-state index contributed by atoms with van der Waals surface area (Å²) in [6.45, 7) is 4.52. The van der Waals surface area contributed by atoms with Gasteiger partial charge in [-0.05, 0) is 43.3 Å². The van der Waals surface area contributed by atoms with E-state index in [4.69, 9.17) is 19.6 Å². The number of hydrogen-bond acceptors (Lipinski definition) is 7. The Labute approximate surface area is 219 Å². The molecule has 3 heterocycles. The van der Waals surface area contributed by atoms with Gasteiger partial charge in [-0.1, -0.05) is 0 Å². The molecule has 0 N–H and O–H groups in total. The van der Waals surface area contributed by atoms with Gasteiger partial charge in [-0.15, -0.1) is 0 Å². The Kier molecular flexibility index (Phi) is 7.08. The first-order chi connectivity index (χ1) is 18.3. The van der Waals surface area contributed by atoms with Crippen LogP contribution in [0.15, 0.2) is 58.3 Å². The van der Waals surface area contributed by atoms with E-state index in [0.717, 1.165) is 11.0 Å². The van der Waals surface area contributed by atoms with Crippen LogP contribution in [0.3, 0.4) is 0 Å². The fourth-order valence-corrected chi connectivity index (χ4v) is 8.62. The predicted molar refractivity (Wildman–Crippen MR) is 142 cm³/mol. The maximum absolute atomic E-state index is 13.8. The predicted octanol–water partition coefficient (Wildman–Crippen LogP) is 4.50. The lowest BCUT2D eigenvalue weighted by atomic mass is 10.2. The number of fused-ring (bicyclic) bond motifs is 1. The Bertz CT molecular complexity index is 1490. The lowest BCUT2D eigenvalue weighted by Crippen LogP contribution is -2.45. The van der Waals surface area contributed by atoms with Crippen LogP contribution in [0.5, 0.6) is 0 Å². The van der Waals surface area contributed by atoms with Crippen LogP contribution >= 0.6 is 7.36 Å². The van der Waals surface area contributed by atoms with Crippen molar-refractivity contribution in [2.24, 2.45) is 9.74 Å². The standard InChI is InChI=1S/C25H26FN8O3P/c1-18-23-25(33(29-18)13-3-12-27)28-24(19-4-6-20(26)7-5-19)31(2)38(23,32-14-16-37-17-15-32)30-21-8-10-22(11-9-21)34(35)36/h4-11H,3,13-17H2,1-2H3. The monoisotopic (exact) mass is 536 g/mol. The number of morpholine rings is 1. The van der Waals surface area contributed by atoms with Gasteiger partial charge in [0.05, 0.1) is 53.9 Å². The Morgan fingerprint density at radius 2 is 1.87 bits per heavy atom. The summed E-state index contributed by atoms with van der Waals surface area (Å²) in [4.78, 5) is 15.8. The van der Waals surface area contributed by atoms with E-state index in [2.05, 4.69) is 15.4 Å². The van der Waals surface area contributed by atoms with Crippen molar-refractivity contribution in [1.29, 1.82) is 5.26 Å². The highest BCUT2D eigenvalue weighted by atomic mass is 31.2. The molecule has 13 heteroatoms. The number of hydrogen-bond donors (Lipinski definition) is 0. The zero-order valence-corrected chi connectivity index (χ0v) is 21.9. The molecule has 2 aromatic carbocycles. The lowest BCUT2D eigenvalue weighted by Gasteiger charge is -2.46. The Balaban J connectivity index is 1.81. The van der Waals surface area contributed by atoms with Crippen LogP contribution in [0.1, 0.15) is 17.7 Å². The van der Waals surface area contributed by atoms with Crippen LogP contribution < -0.4 is 5.30 Å². The number of nitro groups is 1. The summed E-state index contributed by atoms with van der Waals surface area (Å²) in [6.07, 6.45) is 0.257. The Hall–Kier alpha value is -3.91. The summed E-state index contributed by atoms with van der Waals surface area (Å²) in [6, 6.07) is 14.5. The van der Waals surface area contributed by atoms with Crippen molar-refractivity contribution in [3.8, 4) is 6.07 Å². The topological polar surface area (TPSA) is 125 Å². The van der Waals surface area contributed by atoms with E-state index in [1.54, 1.807) is 28.9 Å². The zero-order valence-electron chi connectivity index (χ0n) is 21.0. The van der Waals surface area contributed by atoms with Gasteiger partial charge in [-0.25, -0.2) is 23.5 Å². The van der Waals surface area contributed by atoms with E-state index in [-0.39, 0.29) is 17.9 Å². The number of nitriles is 1. The second-order valence-corrected chi connectivity index (χ2v) is 11.8. The first-order valence-corrected chi connectivity index (χ1v) is 13.7. The second kappa shape index (κ2) is 10.5. The maximum atomic E-state index is 13.8. The molecule has 0 amide bonds. The summed E-state index contributed by atoms with van der Waals surface area (Å²) < 4.78 is 31.0. The molecule has 0 aliphatic carbocycles. The number of halogens is 1. The summed E-state index contributed by atoms with van der Waals surface area (Å²) in [7, 11) is -0.913. The van der Waals surface area contributed by atoms with E-state index >= 15 is 0 Å². The van der Waals surface area contributed by atoms with Crippen molar-refractivity contribution < 1.29 is 14.1 Å². The third-order valence-corrected chi connectivity index (χ3v) is 10.4. The van der Waals surface area contributed by atoms with Crippen molar-refractivity contribution in [2.75, 3.05) is 33.4 Å².